The molecule has 2 nitrogen and oxygen atoms in total. The lowest BCUT2D eigenvalue weighted by Gasteiger charge is -2.42. The maximum Gasteiger partial charge on any atom is 0.177 e. The zero-order valence-corrected chi connectivity index (χ0v) is 30.4. The third-order valence-corrected chi connectivity index (χ3v) is 17.9. The van der Waals surface area contributed by atoms with Gasteiger partial charge in [-0.1, -0.05) is 150 Å². The van der Waals surface area contributed by atoms with E-state index in [2.05, 4.69) is 191 Å². The number of nitrogens with zero attached hydrogens (tertiary/aromatic N) is 2. The fraction of sp³-hybridized carbons (Fsp3) is 0.0417. The van der Waals surface area contributed by atoms with E-state index < -0.39 is 8.07 Å². The van der Waals surface area contributed by atoms with Crippen molar-refractivity contribution in [2.24, 2.45) is 0 Å². The normalized spacial score (nSPS) is 16.9. The first kappa shape index (κ1) is 29.9. The van der Waals surface area contributed by atoms with Gasteiger partial charge in [0.05, 0.1) is 22.1 Å². The molecule has 3 heterocycles. The van der Waals surface area contributed by atoms with Crippen LogP contribution in [0.1, 0.15) is 12.8 Å². The lowest BCUT2D eigenvalue weighted by atomic mass is 10.2. The molecule has 2 aliphatic rings. The molecule has 0 bridgehead atoms. The van der Waals surface area contributed by atoms with Gasteiger partial charge in [0.2, 0.25) is 0 Å². The highest BCUT2D eigenvalue weighted by molar-refractivity contribution is 8.04. The van der Waals surface area contributed by atoms with E-state index >= 15 is 0 Å². The number of benzene rings is 7. The highest BCUT2D eigenvalue weighted by atomic mass is 32.2. The molecule has 11 rings (SSSR count). The summed E-state index contributed by atoms with van der Waals surface area (Å²) in [5.74, 6) is 0. The van der Waals surface area contributed by atoms with Gasteiger partial charge < -0.3 is 9.13 Å². The van der Waals surface area contributed by atoms with Crippen LogP contribution in [-0.2, 0) is 0 Å². The molecule has 2 aromatic heterocycles. The van der Waals surface area contributed by atoms with E-state index in [1.807, 2.05) is 11.8 Å². The Morgan fingerprint density at radius 2 is 0.942 bits per heavy atom. The minimum Gasteiger partial charge on any atom is -0.309 e. The van der Waals surface area contributed by atoms with Gasteiger partial charge in [0.15, 0.2) is 8.07 Å². The third-order valence-electron chi connectivity index (χ3n) is 11.4. The van der Waals surface area contributed by atoms with Crippen LogP contribution in [0, 0.1) is 0 Å². The molecule has 0 amide bonds. The SMILES string of the molecule is C1=CC2=C(CC1)[Si](c1ccccc1)(c1ccc(-n3c4ccccc4c4ccccc43)cc1)c1ccc(-n3c4ccccc4c4ccccc43)cc1S2. The van der Waals surface area contributed by atoms with Crippen molar-refractivity contribution in [1.29, 1.82) is 0 Å². The number of hydrogen-bond donors (Lipinski definition) is 0. The molecule has 7 aromatic carbocycles. The maximum absolute atomic E-state index is 2.66. The monoisotopic (exact) mass is 698 g/mol. The van der Waals surface area contributed by atoms with Crippen LogP contribution < -0.4 is 15.6 Å². The zero-order valence-electron chi connectivity index (χ0n) is 28.5. The van der Waals surface area contributed by atoms with Crippen LogP contribution in [0.5, 0.6) is 0 Å². The van der Waals surface area contributed by atoms with Crippen molar-refractivity contribution in [1.82, 2.24) is 9.13 Å². The quantitative estimate of drug-likeness (QED) is 0.166. The molecule has 1 aliphatic carbocycles. The van der Waals surface area contributed by atoms with Crippen molar-refractivity contribution < 1.29 is 0 Å². The Kier molecular flexibility index (Phi) is 6.67. The molecule has 0 spiro atoms. The van der Waals surface area contributed by atoms with E-state index in [1.165, 1.54) is 80.3 Å². The van der Waals surface area contributed by atoms with E-state index in [-0.39, 0.29) is 0 Å². The predicted octanol–water partition coefficient (Wildman–Crippen LogP) is 10.6. The Labute approximate surface area is 308 Å². The van der Waals surface area contributed by atoms with Crippen LogP contribution in [0.2, 0.25) is 0 Å². The molecule has 1 aliphatic heterocycles. The highest BCUT2D eigenvalue weighted by Crippen LogP contribution is 2.44. The Hall–Kier alpha value is -5.81. The Bertz CT molecular complexity index is 2820. The Morgan fingerprint density at radius 3 is 1.52 bits per heavy atom. The van der Waals surface area contributed by atoms with E-state index in [9.17, 15) is 0 Å². The van der Waals surface area contributed by atoms with Crippen LogP contribution in [0.25, 0.3) is 55.0 Å². The van der Waals surface area contributed by atoms with Crippen molar-refractivity contribution in [2.45, 2.75) is 17.7 Å². The molecular formula is C48H34N2SSi. The Morgan fingerprint density at radius 1 is 0.462 bits per heavy atom. The fourth-order valence-corrected chi connectivity index (χ4v) is 16.5. The Balaban J connectivity index is 1.15. The summed E-state index contributed by atoms with van der Waals surface area (Å²) in [5, 5.41) is 11.2. The summed E-state index contributed by atoms with van der Waals surface area (Å²) in [4.78, 5) is 2.80. The van der Waals surface area contributed by atoms with Crippen LogP contribution in [0.3, 0.4) is 0 Å². The second kappa shape index (κ2) is 11.6. The molecule has 9 aromatic rings. The van der Waals surface area contributed by atoms with Crippen molar-refractivity contribution in [3.05, 3.63) is 192 Å². The number of fused-ring (bicyclic) bond motifs is 7. The van der Waals surface area contributed by atoms with Gasteiger partial charge in [-0.2, -0.15) is 0 Å². The van der Waals surface area contributed by atoms with E-state index in [0.29, 0.717) is 0 Å². The molecule has 0 fully saturated rings. The van der Waals surface area contributed by atoms with Crippen LogP contribution in [0.4, 0.5) is 0 Å². The maximum atomic E-state index is 2.49. The first-order valence-corrected chi connectivity index (χ1v) is 21.0. The molecule has 1 atom stereocenters. The van der Waals surface area contributed by atoms with Gasteiger partial charge in [-0.3, -0.25) is 0 Å². The molecule has 0 radical (unpaired) electrons. The minimum absolute atomic E-state index is 1.08. The smallest absolute Gasteiger partial charge is 0.177 e. The van der Waals surface area contributed by atoms with Gasteiger partial charge in [-0.15, -0.1) is 0 Å². The van der Waals surface area contributed by atoms with Crippen LogP contribution in [-0.4, -0.2) is 17.2 Å². The molecule has 52 heavy (non-hydrogen) atoms. The van der Waals surface area contributed by atoms with Crippen molar-refractivity contribution in [2.75, 3.05) is 0 Å². The standard InChI is InChI=1S/C48H34N2SSi/c1-2-14-35(15-3-1)52(36-29-26-33(27-30-36)49-41-20-8-4-16-37(41)38-17-5-9-21-42(38)49)47-25-13-12-24-45(47)51-46-32-34(28-31-48(46)52)50-43-22-10-6-18-39(43)40-19-7-11-23-44(40)50/h1-12,14-24,26-32H,13,25H2. The predicted molar refractivity (Wildman–Crippen MR) is 224 cm³/mol. The lowest BCUT2D eigenvalue weighted by molar-refractivity contribution is 1.00. The summed E-state index contributed by atoms with van der Waals surface area (Å²) in [6.07, 6.45) is 6.96. The van der Waals surface area contributed by atoms with Crippen molar-refractivity contribution >= 4 is 79.0 Å². The molecule has 0 saturated heterocycles. The molecular weight excluding hydrogens is 665 g/mol. The summed E-state index contributed by atoms with van der Waals surface area (Å²) in [5.41, 5.74) is 7.38. The topological polar surface area (TPSA) is 9.86 Å². The first-order chi connectivity index (χ1) is 25.8. The number of rotatable bonds is 4. The summed E-state index contributed by atoms with van der Waals surface area (Å²) in [6, 6.07) is 63.7. The van der Waals surface area contributed by atoms with Crippen LogP contribution >= 0.6 is 11.8 Å². The molecule has 0 saturated carbocycles. The first-order valence-electron chi connectivity index (χ1n) is 18.2. The number of thioether (sulfide) groups is 1. The minimum atomic E-state index is -2.66. The summed E-state index contributed by atoms with van der Waals surface area (Å²) < 4.78 is 4.89. The number of hydrogen-bond acceptors (Lipinski definition) is 1. The summed E-state index contributed by atoms with van der Waals surface area (Å²) >= 11 is 1.97. The number of para-hydroxylation sites is 4. The lowest BCUT2D eigenvalue weighted by Crippen LogP contribution is -2.70. The molecule has 4 heteroatoms. The van der Waals surface area contributed by atoms with E-state index in [0.717, 1.165) is 12.8 Å². The molecule has 0 N–H and O–H groups in total. The highest BCUT2D eigenvalue weighted by Gasteiger charge is 2.48. The molecule has 1 unspecified atom stereocenters. The van der Waals surface area contributed by atoms with Gasteiger partial charge in [0, 0.05) is 42.7 Å². The summed E-state index contributed by atoms with van der Waals surface area (Å²) in [7, 11) is -2.66. The van der Waals surface area contributed by atoms with Gasteiger partial charge in [-0.25, -0.2) is 0 Å². The summed E-state index contributed by atoms with van der Waals surface area (Å²) in [6.45, 7) is 0. The zero-order chi connectivity index (χ0) is 34.2. The molecule has 246 valence electrons. The third kappa shape index (κ3) is 4.19. The fourth-order valence-electron chi connectivity index (χ4n) is 9.21. The van der Waals surface area contributed by atoms with E-state index in [1.54, 1.807) is 5.20 Å². The van der Waals surface area contributed by atoms with Gasteiger partial charge in [0.1, 0.15) is 0 Å². The van der Waals surface area contributed by atoms with Crippen molar-refractivity contribution in [3.8, 4) is 11.4 Å². The number of aromatic nitrogens is 2. The average molecular weight is 699 g/mol. The second-order valence-electron chi connectivity index (χ2n) is 14.0. The van der Waals surface area contributed by atoms with Crippen LogP contribution in [0.15, 0.2) is 197 Å². The second-order valence-corrected chi connectivity index (χ2v) is 18.8. The van der Waals surface area contributed by atoms with Gasteiger partial charge >= 0.3 is 0 Å². The van der Waals surface area contributed by atoms with Crippen molar-refractivity contribution in [3.63, 3.8) is 0 Å². The number of allylic oxidation sites excluding steroid dienone is 3. The van der Waals surface area contributed by atoms with Gasteiger partial charge in [0.25, 0.3) is 0 Å². The van der Waals surface area contributed by atoms with Gasteiger partial charge in [-0.05, 0) is 76.9 Å². The largest absolute Gasteiger partial charge is 0.309 e. The average Bonchev–Trinajstić information content (AvgIpc) is 3.73. The van der Waals surface area contributed by atoms with E-state index in [4.69, 9.17) is 0 Å².